The quantitative estimate of drug-likeness (QED) is 0.162. The highest BCUT2D eigenvalue weighted by Gasteiger charge is 2.56. The molecule has 4 nitrogen and oxygen atoms in total. The number of hydrogen-bond acceptors (Lipinski definition) is 4. The highest BCUT2D eigenvalue weighted by Crippen LogP contribution is 2.67. The lowest BCUT2D eigenvalue weighted by Crippen LogP contribution is -2.34. The fourth-order valence-electron chi connectivity index (χ4n) is 12.7. The van der Waals surface area contributed by atoms with E-state index in [1.165, 1.54) is 55.2 Å². The lowest BCUT2D eigenvalue weighted by Gasteiger charge is -2.42. The van der Waals surface area contributed by atoms with Crippen molar-refractivity contribution in [3.05, 3.63) is 198 Å². The van der Waals surface area contributed by atoms with Gasteiger partial charge in [0.15, 0.2) is 17.5 Å². The third-order valence-electron chi connectivity index (χ3n) is 15.8. The highest BCUT2D eigenvalue weighted by molar-refractivity contribution is 6.10. The Balaban J connectivity index is 0.932. The van der Waals surface area contributed by atoms with Gasteiger partial charge in [0.05, 0.1) is 5.56 Å². The molecule has 3 unspecified atom stereocenters. The number of aromatic nitrogens is 3. The predicted octanol–water partition coefficient (Wildman–Crippen LogP) is 15.4. The van der Waals surface area contributed by atoms with Gasteiger partial charge in [-0.2, -0.15) is 0 Å². The molecule has 0 saturated heterocycles. The topological polar surface area (TPSA) is 51.8 Å². The Hall–Kier alpha value is -6.91. The van der Waals surface area contributed by atoms with Crippen LogP contribution in [0.3, 0.4) is 0 Å². The Morgan fingerprint density at radius 3 is 1.91 bits per heavy atom. The van der Waals surface area contributed by atoms with Gasteiger partial charge in [-0.3, -0.25) is 0 Å². The molecule has 1 fully saturated rings. The van der Waals surface area contributed by atoms with Crippen LogP contribution in [0.25, 0.3) is 78.4 Å². The summed E-state index contributed by atoms with van der Waals surface area (Å²) in [5.41, 5.74) is 17.6. The number of fused-ring (bicyclic) bond motifs is 11. The van der Waals surface area contributed by atoms with Crippen LogP contribution in [0, 0.1) is 5.92 Å². The molecule has 310 valence electrons. The van der Waals surface area contributed by atoms with Crippen LogP contribution in [0.15, 0.2) is 180 Å². The summed E-state index contributed by atoms with van der Waals surface area (Å²) in [5.74, 6) is 3.33. The van der Waals surface area contributed by atoms with Gasteiger partial charge in [-0.15, -0.1) is 0 Å². The Morgan fingerprint density at radius 2 is 1.12 bits per heavy atom. The molecule has 0 amide bonds. The molecule has 0 N–H and O–H groups in total. The van der Waals surface area contributed by atoms with Gasteiger partial charge in [-0.25, -0.2) is 15.0 Å². The zero-order chi connectivity index (χ0) is 42.6. The first-order chi connectivity index (χ1) is 31.4. The lowest BCUT2D eigenvalue weighted by atomic mass is 9.61. The average molecular weight is 828 g/mol. The zero-order valence-corrected chi connectivity index (χ0v) is 36.4. The number of para-hydroxylation sites is 1. The van der Waals surface area contributed by atoms with E-state index < -0.39 is 0 Å². The highest BCUT2D eigenvalue weighted by atomic mass is 16.3. The van der Waals surface area contributed by atoms with Crippen LogP contribution in [0.1, 0.15) is 86.5 Å². The van der Waals surface area contributed by atoms with Gasteiger partial charge in [0.2, 0.25) is 0 Å². The Labute approximate surface area is 374 Å². The summed E-state index contributed by atoms with van der Waals surface area (Å²) in [6, 6.07) is 58.9. The summed E-state index contributed by atoms with van der Waals surface area (Å²) in [6.45, 7) is 5.01. The molecule has 1 spiro atoms. The predicted molar refractivity (Wildman–Crippen MR) is 260 cm³/mol. The first-order valence-electron chi connectivity index (χ1n) is 23.3. The van der Waals surface area contributed by atoms with Gasteiger partial charge in [0.1, 0.15) is 11.2 Å². The van der Waals surface area contributed by atoms with Crippen molar-refractivity contribution >= 4 is 21.9 Å². The van der Waals surface area contributed by atoms with E-state index >= 15 is 0 Å². The van der Waals surface area contributed by atoms with Crippen LogP contribution in [0.5, 0.6) is 0 Å². The van der Waals surface area contributed by atoms with Crippen LogP contribution < -0.4 is 0 Å². The van der Waals surface area contributed by atoms with Gasteiger partial charge in [-0.1, -0.05) is 190 Å². The Bertz CT molecular complexity index is 3320. The molecule has 4 aliphatic carbocycles. The smallest absolute Gasteiger partial charge is 0.167 e. The molecule has 3 atom stereocenters. The van der Waals surface area contributed by atoms with Gasteiger partial charge in [0, 0.05) is 39.2 Å². The van der Waals surface area contributed by atoms with Crippen molar-refractivity contribution in [1.29, 1.82) is 0 Å². The van der Waals surface area contributed by atoms with Crippen LogP contribution in [-0.2, 0) is 10.8 Å². The van der Waals surface area contributed by atoms with E-state index in [1.807, 2.05) is 24.3 Å². The van der Waals surface area contributed by atoms with Crippen molar-refractivity contribution in [2.45, 2.75) is 75.0 Å². The summed E-state index contributed by atoms with van der Waals surface area (Å²) >= 11 is 0. The number of furan rings is 1. The Morgan fingerprint density at radius 1 is 0.516 bits per heavy atom. The summed E-state index contributed by atoms with van der Waals surface area (Å²) < 4.78 is 6.84. The number of benzene rings is 7. The van der Waals surface area contributed by atoms with Gasteiger partial charge < -0.3 is 4.42 Å². The molecule has 0 aliphatic heterocycles. The number of rotatable bonds is 5. The molecule has 4 aliphatic rings. The molecule has 9 aromatic rings. The molecule has 7 aromatic carbocycles. The standard InChI is InChI=1S/C60H49N3O/c1-59(2)49-24-11-10-20-43(49)46-35-52-48(36-51(46)59)54-42(21-15-25-50(54)60(52)32-12-5-13-33-60)41-30-31-53-47(34-41)44-22-14-23-45(55(44)64-53)58-62-56(39-18-8-4-9-19-39)61-57(63-58)40-28-26-38(27-29-40)37-16-6-3-7-17-37/h3-4,6-11,14-31,34-35,46,48,51H,5,12-13,32-33,36H2,1-2H3. The molecule has 2 aromatic heterocycles. The molecule has 13 rings (SSSR count). The van der Waals surface area contributed by atoms with E-state index in [4.69, 9.17) is 19.4 Å². The minimum absolute atomic E-state index is 0.126. The van der Waals surface area contributed by atoms with Crippen molar-refractivity contribution < 1.29 is 4.42 Å². The summed E-state index contributed by atoms with van der Waals surface area (Å²) in [4.78, 5) is 15.3. The number of allylic oxidation sites excluding steroid dienone is 2. The van der Waals surface area contributed by atoms with Crippen molar-refractivity contribution in [3.63, 3.8) is 0 Å². The second-order valence-electron chi connectivity index (χ2n) is 19.4. The summed E-state index contributed by atoms with van der Waals surface area (Å²) in [5, 5.41) is 2.17. The van der Waals surface area contributed by atoms with E-state index in [-0.39, 0.29) is 10.8 Å². The second kappa shape index (κ2) is 14.3. The fourth-order valence-corrected chi connectivity index (χ4v) is 12.7. The average Bonchev–Trinajstić information content (AvgIpc) is 3.94. The van der Waals surface area contributed by atoms with E-state index in [1.54, 1.807) is 27.8 Å². The van der Waals surface area contributed by atoms with Crippen molar-refractivity contribution in [2.24, 2.45) is 5.92 Å². The molecule has 2 heterocycles. The van der Waals surface area contributed by atoms with Gasteiger partial charge in [-0.05, 0) is 93.3 Å². The lowest BCUT2D eigenvalue weighted by molar-refractivity contribution is 0.266. The van der Waals surface area contributed by atoms with E-state index in [2.05, 4.69) is 159 Å². The maximum Gasteiger partial charge on any atom is 0.167 e. The van der Waals surface area contributed by atoms with E-state index in [0.29, 0.717) is 35.2 Å². The molecule has 1 saturated carbocycles. The summed E-state index contributed by atoms with van der Waals surface area (Å²) in [6.07, 6.45) is 10.4. The van der Waals surface area contributed by atoms with Crippen molar-refractivity contribution in [2.75, 3.05) is 0 Å². The minimum Gasteiger partial charge on any atom is -0.455 e. The Kier molecular flexibility index (Phi) is 8.41. The molecular formula is C60H49N3O. The SMILES string of the molecule is CC1(C)c2ccccc2C2C=C3C(CC21)c1c(-c2ccc4oc5c(-c6nc(-c7ccccc7)nc(-c7ccc(-c8ccccc8)cc7)n6)cccc5c4c2)cccc1C31CCCCC1. The molecule has 0 bridgehead atoms. The van der Waals surface area contributed by atoms with Crippen LogP contribution in [0.2, 0.25) is 0 Å². The van der Waals surface area contributed by atoms with Crippen molar-refractivity contribution in [1.82, 2.24) is 15.0 Å². The summed E-state index contributed by atoms with van der Waals surface area (Å²) in [7, 11) is 0. The maximum absolute atomic E-state index is 6.84. The molecular weight excluding hydrogens is 779 g/mol. The largest absolute Gasteiger partial charge is 0.455 e. The number of nitrogens with zero attached hydrogens (tertiary/aromatic N) is 3. The maximum atomic E-state index is 6.84. The first-order valence-corrected chi connectivity index (χ1v) is 23.3. The van der Waals surface area contributed by atoms with Gasteiger partial charge in [0.25, 0.3) is 0 Å². The molecule has 0 radical (unpaired) electrons. The third kappa shape index (κ3) is 5.64. The minimum atomic E-state index is 0.126. The monoisotopic (exact) mass is 827 g/mol. The van der Waals surface area contributed by atoms with Crippen LogP contribution >= 0.6 is 0 Å². The normalized spacial score (nSPS) is 20.2. The van der Waals surface area contributed by atoms with Crippen LogP contribution in [0.4, 0.5) is 0 Å². The van der Waals surface area contributed by atoms with Crippen molar-refractivity contribution in [3.8, 4) is 56.4 Å². The van der Waals surface area contributed by atoms with Gasteiger partial charge >= 0.3 is 0 Å². The second-order valence-corrected chi connectivity index (χ2v) is 19.4. The fraction of sp³-hybridized carbons (Fsp3) is 0.217. The van der Waals surface area contributed by atoms with Crippen LogP contribution in [-0.4, -0.2) is 15.0 Å². The molecule has 4 heteroatoms. The molecule has 64 heavy (non-hydrogen) atoms. The number of hydrogen-bond donors (Lipinski definition) is 0. The third-order valence-corrected chi connectivity index (χ3v) is 15.8. The first kappa shape index (κ1) is 37.6. The zero-order valence-electron chi connectivity index (χ0n) is 36.4. The van der Waals surface area contributed by atoms with E-state index in [0.717, 1.165) is 44.2 Å². The van der Waals surface area contributed by atoms with E-state index in [9.17, 15) is 0 Å².